The largest absolute Gasteiger partial charge is 0.534 e. The van der Waals surface area contributed by atoms with Gasteiger partial charge in [-0.25, -0.2) is 4.99 Å². The summed E-state index contributed by atoms with van der Waals surface area (Å²) < 4.78 is 63.7. The van der Waals surface area contributed by atoms with Crippen molar-refractivity contribution < 1.29 is 25.8 Å². The minimum atomic E-state index is -5.67. The molecule has 1 aliphatic heterocycles. The molecule has 4 nitrogen and oxygen atoms in total. The molecule has 22 heavy (non-hydrogen) atoms. The second kappa shape index (κ2) is 4.27. The van der Waals surface area contributed by atoms with Gasteiger partial charge in [0.1, 0.15) is 0 Å². The Morgan fingerprint density at radius 2 is 1.95 bits per heavy atom. The summed E-state index contributed by atoms with van der Waals surface area (Å²) in [6.45, 7) is 6.38. The van der Waals surface area contributed by atoms with Gasteiger partial charge in [-0.2, -0.15) is 21.6 Å². The third kappa shape index (κ3) is 1.88. The number of rotatable bonds is 1. The molecule has 2 saturated carbocycles. The number of nitrogens with zero attached hydrogens (tertiary/aromatic N) is 1. The van der Waals surface area contributed by atoms with Crippen molar-refractivity contribution >= 4 is 16.0 Å². The summed E-state index contributed by atoms with van der Waals surface area (Å²) in [4.78, 5) is 4.22. The predicted molar refractivity (Wildman–Crippen MR) is 74.5 cm³/mol. The Kier molecular flexibility index (Phi) is 3.07. The van der Waals surface area contributed by atoms with Crippen LogP contribution in [-0.4, -0.2) is 25.9 Å². The molecule has 2 bridgehead atoms. The number of aliphatic imine (C=N–C) groups is 1. The number of halogens is 3. The Hall–Kier alpha value is -1.05. The highest BCUT2D eigenvalue weighted by Gasteiger charge is 2.66. The topological polar surface area (TPSA) is 55.7 Å². The third-order valence-corrected chi connectivity index (χ3v) is 7.02. The van der Waals surface area contributed by atoms with E-state index in [2.05, 4.69) is 29.9 Å². The first-order chi connectivity index (χ1) is 9.90. The van der Waals surface area contributed by atoms with Gasteiger partial charge in [-0.15, -0.1) is 0 Å². The van der Waals surface area contributed by atoms with Crippen LogP contribution in [-0.2, 0) is 14.3 Å². The second-order valence-corrected chi connectivity index (χ2v) is 8.65. The molecule has 0 aromatic heterocycles. The number of alkyl halides is 3. The summed E-state index contributed by atoms with van der Waals surface area (Å²) in [5.74, 6) is 0.0705. The molecule has 0 aromatic rings. The molecular formula is C14H18F3NO3S. The first kappa shape index (κ1) is 15.8. The summed E-state index contributed by atoms with van der Waals surface area (Å²) in [6, 6.07) is -0.232. The summed E-state index contributed by atoms with van der Waals surface area (Å²) in [5, 5.41) is 0. The molecule has 8 heteroatoms. The smallest absolute Gasteiger partial charge is 0.356 e. The first-order valence-corrected chi connectivity index (χ1v) is 8.58. The molecule has 0 saturated heterocycles. The third-order valence-electron chi connectivity index (χ3n) is 6.06. The maximum atomic E-state index is 12.4. The van der Waals surface area contributed by atoms with E-state index in [1.165, 1.54) is 6.08 Å². The van der Waals surface area contributed by atoms with E-state index < -0.39 is 21.5 Å². The Morgan fingerprint density at radius 3 is 2.55 bits per heavy atom. The van der Waals surface area contributed by atoms with Crippen molar-refractivity contribution in [3.05, 3.63) is 12.2 Å². The van der Waals surface area contributed by atoms with E-state index in [-0.39, 0.29) is 22.8 Å². The lowest BCUT2D eigenvalue weighted by Gasteiger charge is -2.38. The average molecular weight is 337 g/mol. The Morgan fingerprint density at radius 1 is 1.32 bits per heavy atom. The van der Waals surface area contributed by atoms with Crippen molar-refractivity contribution in [2.75, 3.05) is 0 Å². The molecule has 2 fully saturated rings. The lowest BCUT2D eigenvalue weighted by Crippen LogP contribution is -2.38. The van der Waals surface area contributed by atoms with Crippen LogP contribution in [0.2, 0.25) is 0 Å². The summed E-state index contributed by atoms with van der Waals surface area (Å²) >= 11 is 0. The van der Waals surface area contributed by atoms with Crippen LogP contribution in [0.15, 0.2) is 17.1 Å². The van der Waals surface area contributed by atoms with Crippen LogP contribution < -0.4 is 0 Å². The van der Waals surface area contributed by atoms with Gasteiger partial charge < -0.3 is 4.18 Å². The minimum absolute atomic E-state index is 0.00846. The molecule has 0 radical (unpaired) electrons. The van der Waals surface area contributed by atoms with E-state index in [1.807, 2.05) is 0 Å². The normalized spacial score (nSPS) is 39.5. The molecule has 1 heterocycles. The number of hydrogen-bond acceptors (Lipinski definition) is 4. The van der Waals surface area contributed by atoms with Crippen molar-refractivity contribution in [3.8, 4) is 0 Å². The van der Waals surface area contributed by atoms with Crippen molar-refractivity contribution in [3.63, 3.8) is 0 Å². The van der Waals surface area contributed by atoms with Crippen LogP contribution in [0.5, 0.6) is 0 Å². The molecule has 3 aliphatic rings. The molecule has 2 unspecified atom stereocenters. The fourth-order valence-electron chi connectivity index (χ4n) is 4.46. The number of fused-ring (bicyclic) bond motifs is 5. The highest BCUT2D eigenvalue weighted by molar-refractivity contribution is 7.88. The quantitative estimate of drug-likeness (QED) is 0.545. The fraction of sp³-hybridized carbons (Fsp3) is 0.786. The number of dihydropyridines is 1. The standard InChI is InChI=1S/C14H18F3NO3S/c1-12(2)9-6-7-13(12,3)11-8(9)4-5-10(18-11)21-22(19,20)14(15,16)17/h4-5,8-9,11H,6-7H2,1-3H3/t8?,9?,11-,13+/m1/s1. The molecule has 2 aliphatic carbocycles. The molecular weight excluding hydrogens is 319 g/mol. The Balaban J connectivity index is 1.91. The minimum Gasteiger partial charge on any atom is -0.356 e. The van der Waals surface area contributed by atoms with Gasteiger partial charge in [0.15, 0.2) is 0 Å². The van der Waals surface area contributed by atoms with E-state index in [1.54, 1.807) is 6.08 Å². The van der Waals surface area contributed by atoms with Crippen LogP contribution in [0.3, 0.4) is 0 Å². The van der Waals surface area contributed by atoms with Crippen LogP contribution >= 0.6 is 0 Å². The van der Waals surface area contributed by atoms with Gasteiger partial charge in [-0.05, 0) is 35.7 Å². The van der Waals surface area contributed by atoms with Gasteiger partial charge in [0, 0.05) is 5.92 Å². The van der Waals surface area contributed by atoms with Gasteiger partial charge in [-0.1, -0.05) is 26.8 Å². The predicted octanol–water partition coefficient (Wildman–Crippen LogP) is 3.26. The van der Waals surface area contributed by atoms with Crippen molar-refractivity contribution in [2.24, 2.45) is 27.7 Å². The van der Waals surface area contributed by atoms with Crippen molar-refractivity contribution in [1.82, 2.24) is 0 Å². The van der Waals surface area contributed by atoms with E-state index in [0.717, 1.165) is 12.8 Å². The van der Waals surface area contributed by atoms with Gasteiger partial charge in [-0.3, -0.25) is 0 Å². The lowest BCUT2D eigenvalue weighted by molar-refractivity contribution is -0.0504. The van der Waals surface area contributed by atoms with Gasteiger partial charge in [0.2, 0.25) is 5.90 Å². The van der Waals surface area contributed by atoms with Crippen LogP contribution in [0.25, 0.3) is 0 Å². The van der Waals surface area contributed by atoms with E-state index in [4.69, 9.17) is 0 Å². The lowest BCUT2D eigenvalue weighted by atomic mass is 9.69. The zero-order valence-corrected chi connectivity index (χ0v) is 13.3. The highest BCUT2D eigenvalue weighted by atomic mass is 32.2. The summed E-state index contributed by atoms with van der Waals surface area (Å²) in [5.41, 5.74) is -5.60. The van der Waals surface area contributed by atoms with Gasteiger partial charge in [0.25, 0.3) is 0 Å². The highest BCUT2D eigenvalue weighted by Crippen LogP contribution is 2.69. The maximum absolute atomic E-state index is 12.4. The van der Waals surface area contributed by atoms with E-state index in [0.29, 0.717) is 5.92 Å². The maximum Gasteiger partial charge on any atom is 0.534 e. The molecule has 3 rings (SSSR count). The average Bonchev–Trinajstić information content (AvgIpc) is 2.68. The van der Waals surface area contributed by atoms with Crippen LogP contribution in [0, 0.1) is 22.7 Å². The fourth-order valence-corrected chi connectivity index (χ4v) is 4.88. The van der Waals surface area contributed by atoms with Crippen LogP contribution in [0.1, 0.15) is 33.6 Å². The molecule has 0 N–H and O–H groups in total. The molecule has 0 aromatic carbocycles. The Bertz CT molecular complexity index is 665. The molecule has 0 spiro atoms. The summed E-state index contributed by atoms with van der Waals surface area (Å²) in [7, 11) is -5.67. The Labute approximate surface area is 127 Å². The number of hydrogen-bond donors (Lipinski definition) is 0. The van der Waals surface area contributed by atoms with E-state index >= 15 is 0 Å². The zero-order chi connectivity index (χ0) is 16.6. The second-order valence-electron chi connectivity index (χ2n) is 7.12. The van der Waals surface area contributed by atoms with Gasteiger partial charge >= 0.3 is 15.6 Å². The zero-order valence-electron chi connectivity index (χ0n) is 12.5. The van der Waals surface area contributed by atoms with Crippen molar-refractivity contribution in [1.29, 1.82) is 0 Å². The first-order valence-electron chi connectivity index (χ1n) is 7.17. The summed E-state index contributed by atoms with van der Waals surface area (Å²) in [6.07, 6.45) is 5.00. The SMILES string of the molecule is CC1(C)C2CC[C@@]1(C)[C@@H]1N=C(OS(=O)(=O)C(F)(F)F)C=CC21. The van der Waals surface area contributed by atoms with Gasteiger partial charge in [0.05, 0.1) is 6.04 Å². The monoisotopic (exact) mass is 337 g/mol. The molecule has 0 amide bonds. The molecule has 124 valence electrons. The van der Waals surface area contributed by atoms with Crippen LogP contribution in [0.4, 0.5) is 13.2 Å². The molecule has 4 atom stereocenters. The van der Waals surface area contributed by atoms with E-state index in [9.17, 15) is 21.6 Å². The van der Waals surface area contributed by atoms with Crippen molar-refractivity contribution in [2.45, 2.75) is 45.2 Å².